The Morgan fingerprint density at radius 1 is 0.833 bits per heavy atom. The van der Waals surface area contributed by atoms with Crippen molar-refractivity contribution in [2.45, 2.75) is 6.92 Å². The third kappa shape index (κ3) is 1.88. The SMILES string of the molecule is CC1=NN(c2ccccc2)N(c2ccccc2)N1. The van der Waals surface area contributed by atoms with Crippen LogP contribution in [0, 0.1) is 0 Å². The van der Waals surface area contributed by atoms with Crippen LogP contribution in [0.4, 0.5) is 11.4 Å². The molecule has 4 heteroatoms. The number of amidine groups is 1. The minimum atomic E-state index is 0.864. The molecule has 2 aromatic rings. The summed E-state index contributed by atoms with van der Waals surface area (Å²) in [6, 6.07) is 20.1. The molecule has 0 radical (unpaired) electrons. The molecule has 4 nitrogen and oxygen atoms in total. The highest BCUT2D eigenvalue weighted by molar-refractivity contribution is 5.86. The van der Waals surface area contributed by atoms with E-state index in [0.29, 0.717) is 0 Å². The average Bonchev–Trinajstić information content (AvgIpc) is 2.83. The molecule has 0 spiro atoms. The number of rotatable bonds is 2. The standard InChI is InChI=1S/C14H14N4/c1-12-15-17(13-8-4-2-5-9-13)18(16-12)14-10-6-3-7-11-14/h2-11H,1H3,(H,15,16). The number of anilines is 2. The van der Waals surface area contributed by atoms with Crippen molar-refractivity contribution in [3.8, 4) is 0 Å². The lowest BCUT2D eigenvalue weighted by Gasteiger charge is -2.27. The van der Waals surface area contributed by atoms with Crippen molar-refractivity contribution in [2.24, 2.45) is 5.10 Å². The molecule has 3 rings (SSSR count). The lowest BCUT2D eigenvalue weighted by molar-refractivity contribution is 0.770. The van der Waals surface area contributed by atoms with Crippen molar-refractivity contribution < 1.29 is 0 Å². The maximum Gasteiger partial charge on any atom is 0.142 e. The van der Waals surface area contributed by atoms with Crippen LogP contribution in [0.2, 0.25) is 0 Å². The summed E-state index contributed by atoms with van der Waals surface area (Å²) in [4.78, 5) is 0. The molecule has 1 aliphatic heterocycles. The Morgan fingerprint density at radius 3 is 2.00 bits per heavy atom. The maximum atomic E-state index is 4.48. The fraction of sp³-hybridized carbons (Fsp3) is 0.0714. The first kappa shape index (κ1) is 10.7. The molecule has 0 amide bonds. The number of nitrogens with zero attached hydrogens (tertiary/aromatic N) is 3. The lowest BCUT2D eigenvalue weighted by atomic mass is 10.3. The molecule has 1 heterocycles. The predicted octanol–water partition coefficient (Wildman–Crippen LogP) is 2.77. The monoisotopic (exact) mass is 238 g/mol. The van der Waals surface area contributed by atoms with Gasteiger partial charge in [-0.3, -0.25) is 5.43 Å². The van der Waals surface area contributed by atoms with Gasteiger partial charge in [0.05, 0.1) is 11.4 Å². The number of hydrazone groups is 1. The average molecular weight is 238 g/mol. The summed E-state index contributed by atoms with van der Waals surface area (Å²) in [5.41, 5.74) is 5.29. The highest BCUT2D eigenvalue weighted by Gasteiger charge is 2.22. The number of hydrazine groups is 2. The van der Waals surface area contributed by atoms with Crippen molar-refractivity contribution in [3.63, 3.8) is 0 Å². The second-order valence-electron chi connectivity index (χ2n) is 4.07. The molecule has 0 atom stereocenters. The van der Waals surface area contributed by atoms with E-state index >= 15 is 0 Å². The number of hydrogen-bond acceptors (Lipinski definition) is 4. The van der Waals surface area contributed by atoms with Crippen LogP contribution in [-0.2, 0) is 0 Å². The van der Waals surface area contributed by atoms with Crippen molar-refractivity contribution in [1.82, 2.24) is 5.43 Å². The molecule has 0 bridgehead atoms. The molecule has 2 aromatic carbocycles. The van der Waals surface area contributed by atoms with E-state index in [1.165, 1.54) is 0 Å². The van der Waals surface area contributed by atoms with Crippen molar-refractivity contribution >= 4 is 17.2 Å². The van der Waals surface area contributed by atoms with E-state index in [1.807, 2.05) is 77.8 Å². The smallest absolute Gasteiger partial charge is 0.142 e. The Morgan fingerprint density at radius 2 is 1.39 bits per heavy atom. The fourth-order valence-corrected chi connectivity index (χ4v) is 1.89. The summed E-state index contributed by atoms with van der Waals surface area (Å²) in [5.74, 6) is 0.864. The van der Waals surface area contributed by atoms with Gasteiger partial charge in [-0.15, -0.1) is 5.10 Å². The van der Waals surface area contributed by atoms with E-state index in [-0.39, 0.29) is 0 Å². The first-order chi connectivity index (χ1) is 8.84. The Balaban J connectivity index is 1.97. The second-order valence-corrected chi connectivity index (χ2v) is 4.07. The quantitative estimate of drug-likeness (QED) is 0.872. The van der Waals surface area contributed by atoms with Crippen molar-refractivity contribution in [2.75, 3.05) is 10.2 Å². The summed E-state index contributed by atoms with van der Waals surface area (Å²) < 4.78 is 0. The van der Waals surface area contributed by atoms with Gasteiger partial charge in [0.25, 0.3) is 0 Å². The normalized spacial score (nSPS) is 14.4. The molecule has 0 aromatic heterocycles. The van der Waals surface area contributed by atoms with Crippen LogP contribution in [0.25, 0.3) is 0 Å². The maximum absolute atomic E-state index is 4.48. The van der Waals surface area contributed by atoms with Gasteiger partial charge < -0.3 is 0 Å². The highest BCUT2D eigenvalue weighted by Crippen LogP contribution is 2.23. The minimum absolute atomic E-state index is 0.864. The molecule has 0 saturated heterocycles. The van der Waals surface area contributed by atoms with E-state index < -0.39 is 0 Å². The molecule has 0 unspecified atom stereocenters. The molecule has 18 heavy (non-hydrogen) atoms. The van der Waals surface area contributed by atoms with Crippen LogP contribution in [0.1, 0.15) is 6.92 Å². The van der Waals surface area contributed by atoms with Gasteiger partial charge in [-0.25, -0.2) is 0 Å². The first-order valence-electron chi connectivity index (χ1n) is 5.87. The third-order valence-electron chi connectivity index (χ3n) is 2.69. The van der Waals surface area contributed by atoms with Crippen LogP contribution in [-0.4, -0.2) is 5.84 Å². The van der Waals surface area contributed by atoms with Crippen LogP contribution >= 0.6 is 0 Å². The highest BCUT2D eigenvalue weighted by atomic mass is 15.9. The van der Waals surface area contributed by atoms with Gasteiger partial charge in [0.15, 0.2) is 0 Å². The van der Waals surface area contributed by atoms with Crippen LogP contribution in [0.5, 0.6) is 0 Å². The van der Waals surface area contributed by atoms with Crippen LogP contribution in [0.3, 0.4) is 0 Å². The van der Waals surface area contributed by atoms with Gasteiger partial charge in [-0.1, -0.05) is 36.4 Å². The Hall–Kier alpha value is -2.49. The van der Waals surface area contributed by atoms with Gasteiger partial charge in [0.2, 0.25) is 0 Å². The Bertz CT molecular complexity index is 551. The predicted molar refractivity (Wildman–Crippen MR) is 74.1 cm³/mol. The Labute approximate surface area is 106 Å². The topological polar surface area (TPSA) is 30.9 Å². The van der Waals surface area contributed by atoms with E-state index in [9.17, 15) is 0 Å². The first-order valence-corrected chi connectivity index (χ1v) is 5.87. The van der Waals surface area contributed by atoms with Gasteiger partial charge in [0, 0.05) is 0 Å². The molecular weight excluding hydrogens is 224 g/mol. The molecular formula is C14H14N4. The summed E-state index contributed by atoms with van der Waals surface area (Å²) in [6.07, 6.45) is 0. The van der Waals surface area contributed by atoms with Gasteiger partial charge >= 0.3 is 0 Å². The molecule has 0 saturated carbocycles. The molecule has 90 valence electrons. The summed E-state index contributed by atoms with van der Waals surface area (Å²) in [6.45, 7) is 1.94. The zero-order valence-corrected chi connectivity index (χ0v) is 10.1. The third-order valence-corrected chi connectivity index (χ3v) is 2.69. The van der Waals surface area contributed by atoms with E-state index in [0.717, 1.165) is 17.2 Å². The van der Waals surface area contributed by atoms with Crippen LogP contribution in [0.15, 0.2) is 65.8 Å². The molecule has 0 fully saturated rings. The fourth-order valence-electron chi connectivity index (χ4n) is 1.89. The number of hydrogen-bond donors (Lipinski definition) is 1. The number of benzene rings is 2. The van der Waals surface area contributed by atoms with Gasteiger partial charge in [-0.2, -0.15) is 10.2 Å². The van der Waals surface area contributed by atoms with Crippen molar-refractivity contribution in [1.29, 1.82) is 0 Å². The van der Waals surface area contributed by atoms with Crippen molar-refractivity contribution in [3.05, 3.63) is 60.7 Å². The summed E-state index contributed by atoms with van der Waals surface area (Å²) in [7, 11) is 0. The lowest BCUT2D eigenvalue weighted by Crippen LogP contribution is -2.44. The summed E-state index contributed by atoms with van der Waals surface area (Å²) >= 11 is 0. The van der Waals surface area contributed by atoms with E-state index in [2.05, 4.69) is 10.5 Å². The Kier molecular flexibility index (Phi) is 2.61. The zero-order valence-electron chi connectivity index (χ0n) is 10.1. The zero-order chi connectivity index (χ0) is 12.4. The minimum Gasteiger partial charge on any atom is -0.263 e. The molecule has 1 aliphatic rings. The van der Waals surface area contributed by atoms with Crippen LogP contribution < -0.4 is 15.7 Å². The van der Waals surface area contributed by atoms with E-state index in [1.54, 1.807) is 0 Å². The largest absolute Gasteiger partial charge is 0.263 e. The number of para-hydroxylation sites is 2. The summed E-state index contributed by atoms with van der Waals surface area (Å²) in [5, 5.41) is 8.25. The molecule has 1 N–H and O–H groups in total. The number of nitrogens with one attached hydrogen (secondary N) is 1. The second kappa shape index (κ2) is 4.41. The van der Waals surface area contributed by atoms with E-state index in [4.69, 9.17) is 0 Å². The van der Waals surface area contributed by atoms with Gasteiger partial charge in [0.1, 0.15) is 5.84 Å². The van der Waals surface area contributed by atoms with Gasteiger partial charge in [-0.05, 0) is 31.2 Å². The molecule has 0 aliphatic carbocycles.